The van der Waals surface area contributed by atoms with E-state index in [2.05, 4.69) is 5.32 Å². The summed E-state index contributed by atoms with van der Waals surface area (Å²) in [5.41, 5.74) is 1.27. The van der Waals surface area contributed by atoms with Crippen molar-refractivity contribution in [3.05, 3.63) is 64.1 Å². The fourth-order valence-corrected chi connectivity index (χ4v) is 3.11. The van der Waals surface area contributed by atoms with Gasteiger partial charge in [-0.25, -0.2) is 0 Å². The fourth-order valence-electron chi connectivity index (χ4n) is 2.77. The highest BCUT2D eigenvalue weighted by Crippen LogP contribution is 2.26. The summed E-state index contributed by atoms with van der Waals surface area (Å²) >= 11 is 11.9. The van der Waals surface area contributed by atoms with E-state index in [0.717, 1.165) is 5.69 Å². The number of rotatable bonds is 4. The number of anilines is 1. The molecule has 124 valence electrons. The molecule has 0 aliphatic carbocycles. The molecular formula is C18H16Cl2N2O2. The van der Waals surface area contributed by atoms with Crippen LogP contribution in [0.5, 0.6) is 0 Å². The summed E-state index contributed by atoms with van der Waals surface area (Å²) in [6.45, 7) is 1.00. The van der Waals surface area contributed by atoms with Crippen LogP contribution in [0, 0.1) is 5.92 Å². The Balaban J connectivity index is 1.59. The number of nitrogens with one attached hydrogen (secondary N) is 1. The van der Waals surface area contributed by atoms with Crippen LogP contribution in [0.4, 0.5) is 5.69 Å². The van der Waals surface area contributed by atoms with Crippen LogP contribution >= 0.6 is 23.2 Å². The van der Waals surface area contributed by atoms with E-state index in [9.17, 15) is 9.59 Å². The zero-order valence-corrected chi connectivity index (χ0v) is 14.3. The minimum absolute atomic E-state index is 0.0503. The SMILES string of the molecule is O=C(NCC1CC(=O)N(c2ccc(Cl)cc2)C1)c1ccccc1Cl. The van der Waals surface area contributed by atoms with Gasteiger partial charge >= 0.3 is 0 Å². The van der Waals surface area contributed by atoms with Gasteiger partial charge in [-0.05, 0) is 36.4 Å². The molecule has 1 fully saturated rings. The molecule has 2 aromatic rings. The fraction of sp³-hybridized carbons (Fsp3) is 0.222. The lowest BCUT2D eigenvalue weighted by Crippen LogP contribution is -2.31. The molecule has 1 aliphatic heterocycles. The van der Waals surface area contributed by atoms with Crippen LogP contribution in [0.1, 0.15) is 16.8 Å². The molecule has 1 unspecified atom stereocenters. The summed E-state index contributed by atoms with van der Waals surface area (Å²) in [5.74, 6) is -0.105. The van der Waals surface area contributed by atoms with E-state index in [1.807, 2.05) is 12.1 Å². The van der Waals surface area contributed by atoms with Crippen molar-refractivity contribution in [1.82, 2.24) is 5.32 Å². The Kier molecular flexibility index (Phi) is 5.07. The predicted molar refractivity (Wildman–Crippen MR) is 95.7 cm³/mol. The van der Waals surface area contributed by atoms with Crippen molar-refractivity contribution >= 4 is 40.7 Å². The molecule has 2 aromatic carbocycles. The second-order valence-corrected chi connectivity index (χ2v) is 6.58. The van der Waals surface area contributed by atoms with Crippen molar-refractivity contribution in [2.75, 3.05) is 18.0 Å². The van der Waals surface area contributed by atoms with Crippen molar-refractivity contribution in [1.29, 1.82) is 0 Å². The molecule has 0 radical (unpaired) electrons. The number of amides is 2. The maximum absolute atomic E-state index is 12.2. The van der Waals surface area contributed by atoms with Gasteiger partial charge < -0.3 is 10.2 Å². The molecule has 1 heterocycles. The normalized spacial score (nSPS) is 17.2. The van der Waals surface area contributed by atoms with Gasteiger partial charge in [0.2, 0.25) is 5.91 Å². The van der Waals surface area contributed by atoms with E-state index >= 15 is 0 Å². The largest absolute Gasteiger partial charge is 0.352 e. The van der Waals surface area contributed by atoms with Crippen molar-refractivity contribution in [2.45, 2.75) is 6.42 Å². The second-order valence-electron chi connectivity index (χ2n) is 5.74. The Morgan fingerprint density at radius 3 is 2.54 bits per heavy atom. The summed E-state index contributed by atoms with van der Waals surface area (Å²) in [7, 11) is 0. The van der Waals surface area contributed by atoms with E-state index in [4.69, 9.17) is 23.2 Å². The number of halogens is 2. The average Bonchev–Trinajstić information content (AvgIpc) is 2.95. The molecule has 0 spiro atoms. The van der Waals surface area contributed by atoms with E-state index in [-0.39, 0.29) is 17.7 Å². The maximum atomic E-state index is 12.2. The highest BCUT2D eigenvalue weighted by molar-refractivity contribution is 6.33. The number of carbonyl (C=O) groups excluding carboxylic acids is 2. The summed E-state index contributed by atoms with van der Waals surface area (Å²) in [4.78, 5) is 26.1. The minimum atomic E-state index is -0.224. The number of benzene rings is 2. The van der Waals surface area contributed by atoms with Crippen LogP contribution in [0.2, 0.25) is 10.0 Å². The molecule has 6 heteroatoms. The Labute approximate surface area is 150 Å². The molecule has 4 nitrogen and oxygen atoms in total. The lowest BCUT2D eigenvalue weighted by molar-refractivity contribution is -0.117. The molecule has 0 bridgehead atoms. The minimum Gasteiger partial charge on any atom is -0.352 e. The first-order valence-electron chi connectivity index (χ1n) is 7.63. The van der Waals surface area contributed by atoms with Gasteiger partial charge in [0, 0.05) is 36.1 Å². The number of carbonyl (C=O) groups is 2. The van der Waals surface area contributed by atoms with Crippen LogP contribution in [0.15, 0.2) is 48.5 Å². The van der Waals surface area contributed by atoms with Gasteiger partial charge in [-0.15, -0.1) is 0 Å². The first kappa shape index (κ1) is 16.8. The lowest BCUT2D eigenvalue weighted by atomic mass is 10.1. The highest BCUT2D eigenvalue weighted by Gasteiger charge is 2.30. The molecule has 1 aliphatic rings. The molecule has 1 saturated heterocycles. The first-order chi connectivity index (χ1) is 11.5. The third-order valence-electron chi connectivity index (χ3n) is 4.01. The lowest BCUT2D eigenvalue weighted by Gasteiger charge is -2.17. The Hall–Kier alpha value is -2.04. The zero-order valence-electron chi connectivity index (χ0n) is 12.8. The van der Waals surface area contributed by atoms with E-state index in [1.54, 1.807) is 41.3 Å². The van der Waals surface area contributed by atoms with Crippen LogP contribution < -0.4 is 10.2 Å². The van der Waals surface area contributed by atoms with E-state index in [0.29, 0.717) is 35.1 Å². The predicted octanol–water partition coefficient (Wildman–Crippen LogP) is 3.78. The zero-order chi connectivity index (χ0) is 17.1. The molecule has 0 saturated carbocycles. The summed E-state index contributed by atoms with van der Waals surface area (Å²) in [5, 5.41) is 3.91. The molecule has 1 atom stereocenters. The third kappa shape index (κ3) is 3.71. The maximum Gasteiger partial charge on any atom is 0.252 e. The van der Waals surface area contributed by atoms with Crippen LogP contribution in [-0.4, -0.2) is 24.9 Å². The second kappa shape index (κ2) is 7.24. The monoisotopic (exact) mass is 362 g/mol. The average molecular weight is 363 g/mol. The summed E-state index contributed by atoms with van der Waals surface area (Å²) in [6, 6.07) is 14.1. The van der Waals surface area contributed by atoms with Crippen molar-refractivity contribution in [3.8, 4) is 0 Å². The van der Waals surface area contributed by atoms with Gasteiger partial charge in [0.05, 0.1) is 10.6 Å². The number of nitrogens with zero attached hydrogens (tertiary/aromatic N) is 1. The summed E-state index contributed by atoms with van der Waals surface area (Å²) < 4.78 is 0. The van der Waals surface area contributed by atoms with Gasteiger partial charge in [-0.1, -0.05) is 35.3 Å². The quantitative estimate of drug-likeness (QED) is 0.899. The first-order valence-corrected chi connectivity index (χ1v) is 8.39. The Bertz CT molecular complexity index is 762. The number of hydrogen-bond donors (Lipinski definition) is 1. The van der Waals surface area contributed by atoms with Crippen LogP contribution in [0.3, 0.4) is 0 Å². The Morgan fingerprint density at radius 2 is 1.83 bits per heavy atom. The summed E-state index contributed by atoms with van der Waals surface area (Å²) in [6.07, 6.45) is 0.408. The Morgan fingerprint density at radius 1 is 1.12 bits per heavy atom. The molecule has 24 heavy (non-hydrogen) atoms. The molecule has 0 aromatic heterocycles. The topological polar surface area (TPSA) is 49.4 Å². The van der Waals surface area contributed by atoms with Crippen molar-refractivity contribution in [3.63, 3.8) is 0 Å². The third-order valence-corrected chi connectivity index (χ3v) is 4.59. The number of hydrogen-bond acceptors (Lipinski definition) is 2. The molecular weight excluding hydrogens is 347 g/mol. The van der Waals surface area contributed by atoms with Gasteiger partial charge in [-0.3, -0.25) is 9.59 Å². The van der Waals surface area contributed by atoms with Crippen LogP contribution in [0.25, 0.3) is 0 Å². The van der Waals surface area contributed by atoms with Gasteiger partial charge in [0.1, 0.15) is 0 Å². The van der Waals surface area contributed by atoms with Gasteiger partial charge in [0.15, 0.2) is 0 Å². The molecule has 2 amide bonds. The highest BCUT2D eigenvalue weighted by atomic mass is 35.5. The van der Waals surface area contributed by atoms with Gasteiger partial charge in [0.25, 0.3) is 5.91 Å². The standard InChI is InChI=1S/C18H16Cl2N2O2/c19-13-5-7-14(8-6-13)22-11-12(9-17(22)23)10-21-18(24)15-3-1-2-4-16(15)20/h1-8,12H,9-11H2,(H,21,24). The smallest absolute Gasteiger partial charge is 0.252 e. The van der Waals surface area contributed by atoms with Crippen molar-refractivity contribution in [2.24, 2.45) is 5.92 Å². The van der Waals surface area contributed by atoms with Crippen molar-refractivity contribution < 1.29 is 9.59 Å². The van der Waals surface area contributed by atoms with E-state index < -0.39 is 0 Å². The molecule has 3 rings (SSSR count). The van der Waals surface area contributed by atoms with Gasteiger partial charge in [-0.2, -0.15) is 0 Å². The van der Waals surface area contributed by atoms with Crippen LogP contribution in [-0.2, 0) is 4.79 Å². The molecule has 1 N–H and O–H groups in total. The van der Waals surface area contributed by atoms with E-state index in [1.165, 1.54) is 0 Å².